The first-order valence-electron chi connectivity index (χ1n) is 22.7. The first kappa shape index (κ1) is 58.3. The van der Waals surface area contributed by atoms with Gasteiger partial charge < -0.3 is 38.0 Å². The minimum Gasteiger partial charge on any atom is -0.468 e. The molecule has 17 nitrogen and oxygen atoms in total. The van der Waals surface area contributed by atoms with Crippen molar-refractivity contribution in [2.75, 3.05) is 14.2 Å². The molecule has 8 rings (SSSR count). The maximum absolute atomic E-state index is 13.4. The summed E-state index contributed by atoms with van der Waals surface area (Å²) in [6.07, 6.45) is -9.27. The molecule has 24 heteroatoms. The summed E-state index contributed by atoms with van der Waals surface area (Å²) in [4.78, 5) is 51.8. The number of aldehydes is 1. The molecule has 0 aliphatic carbocycles. The number of aryl methyl sites for hydroxylation is 2. The fourth-order valence-corrected chi connectivity index (χ4v) is 9.24. The van der Waals surface area contributed by atoms with Crippen LogP contribution in [0, 0.1) is 6.57 Å². The number of hydrogen-bond donors (Lipinski definition) is 1. The highest BCUT2D eigenvalue weighted by Gasteiger charge is 2.45. The molecule has 2 aliphatic rings. The Balaban J connectivity index is 0.000000203. The topological polar surface area (TPSA) is 193 Å². The van der Waals surface area contributed by atoms with Gasteiger partial charge in [0.1, 0.15) is 23.2 Å². The van der Waals surface area contributed by atoms with Crippen molar-refractivity contribution in [2.45, 2.75) is 83.1 Å². The van der Waals surface area contributed by atoms with Crippen molar-refractivity contribution in [2.24, 2.45) is 14.1 Å². The number of alkyl halides is 4. The molecule has 76 heavy (non-hydrogen) atoms. The zero-order valence-electron chi connectivity index (χ0n) is 42.8. The average molecular weight is 1200 g/mol. The number of rotatable bonds is 13. The van der Waals surface area contributed by atoms with E-state index in [2.05, 4.69) is 85.5 Å². The molecule has 0 saturated heterocycles. The number of ketones is 1. The van der Waals surface area contributed by atoms with Crippen LogP contribution in [0.3, 0.4) is 0 Å². The minimum absolute atomic E-state index is 0.0542. The van der Waals surface area contributed by atoms with Gasteiger partial charge in [-0.3, -0.25) is 33.4 Å². The van der Waals surface area contributed by atoms with Crippen LogP contribution in [0.4, 0.5) is 17.6 Å². The number of hydrogen-bond acceptors (Lipinski definition) is 14. The summed E-state index contributed by atoms with van der Waals surface area (Å²) < 4.78 is 89.3. The van der Waals surface area contributed by atoms with Gasteiger partial charge >= 0.3 is 30.8 Å². The summed E-state index contributed by atoms with van der Waals surface area (Å²) in [6, 6.07) is 21.7. The molecule has 2 aliphatic heterocycles. The van der Waals surface area contributed by atoms with Gasteiger partial charge in [-0.25, -0.2) is 6.57 Å². The van der Waals surface area contributed by atoms with Crippen molar-refractivity contribution in [1.29, 1.82) is 0 Å². The lowest BCUT2D eigenvalue weighted by molar-refractivity contribution is -0.287. The predicted molar refractivity (Wildman–Crippen MR) is 277 cm³/mol. The number of methoxy groups -OCH3 is 2. The summed E-state index contributed by atoms with van der Waals surface area (Å²) in [6.45, 7) is 20.8. The van der Waals surface area contributed by atoms with Gasteiger partial charge in [0.25, 0.3) is 0 Å². The van der Waals surface area contributed by atoms with Gasteiger partial charge in [-0.05, 0) is 120 Å². The first-order chi connectivity index (χ1) is 35.3. The Bertz CT molecular complexity index is 3260. The molecular weight excluding hydrogens is 1150 g/mol. The van der Waals surface area contributed by atoms with Crippen LogP contribution in [0.25, 0.3) is 27.4 Å². The van der Waals surface area contributed by atoms with Crippen LogP contribution >= 0.6 is 31.9 Å². The monoisotopic (exact) mass is 1200 g/mol. The Morgan fingerprint density at radius 3 is 1.66 bits per heavy atom. The molecule has 2 unspecified atom stereocenters. The second kappa shape index (κ2) is 22.4. The van der Waals surface area contributed by atoms with E-state index in [1.165, 1.54) is 49.2 Å². The summed E-state index contributed by atoms with van der Waals surface area (Å²) in [5, 5.41) is 19.8. The van der Waals surface area contributed by atoms with Gasteiger partial charge in [0.15, 0.2) is 37.1 Å². The number of fused-ring (bicyclic) bond motifs is 2. The summed E-state index contributed by atoms with van der Waals surface area (Å²) in [5.74, 6) is -2.16. The highest BCUT2D eigenvalue weighted by atomic mass is 79.9. The number of benzene rings is 4. The Labute approximate surface area is 452 Å². The number of carbonyl (C=O) groups excluding carboxylic acids is 4. The van der Waals surface area contributed by atoms with E-state index in [1.54, 1.807) is 63.7 Å². The van der Waals surface area contributed by atoms with E-state index in [9.17, 15) is 41.8 Å². The van der Waals surface area contributed by atoms with E-state index >= 15 is 0 Å². The van der Waals surface area contributed by atoms with Gasteiger partial charge in [0.05, 0.1) is 42.6 Å². The van der Waals surface area contributed by atoms with Crippen LogP contribution < -0.4 is 18.9 Å². The zero-order chi connectivity index (χ0) is 56.5. The van der Waals surface area contributed by atoms with Crippen LogP contribution in [-0.4, -0.2) is 83.8 Å². The summed E-state index contributed by atoms with van der Waals surface area (Å²) in [7, 11) is 4.21. The molecule has 1 N–H and O–H groups in total. The van der Waals surface area contributed by atoms with Crippen molar-refractivity contribution in [3.63, 3.8) is 0 Å². The fraction of sp³-hybridized carbons (Fsp3) is 0.327. The second-order valence-electron chi connectivity index (χ2n) is 19.1. The van der Waals surface area contributed by atoms with Gasteiger partial charge in [-0.2, -0.15) is 10.2 Å². The number of aromatic nitrogens is 4. The molecule has 6 aromatic rings. The number of aliphatic hydroxyl groups excluding tert-OH is 1. The molecule has 0 radical (unpaired) electrons. The number of carbonyl (C=O) groups is 4. The van der Waals surface area contributed by atoms with Crippen molar-refractivity contribution in [3.05, 3.63) is 139 Å². The highest BCUT2D eigenvalue weighted by Crippen LogP contribution is 2.44. The van der Waals surface area contributed by atoms with Crippen LogP contribution in [-0.2, 0) is 48.4 Å². The van der Waals surface area contributed by atoms with Gasteiger partial charge in [0, 0.05) is 45.3 Å². The molecule has 4 aromatic carbocycles. The standard InChI is InChI=1S/C24H21BrF2N2O6.C20H26BrN3O3Si.C8H4F2O3/c1-23(2,22(32)33-4)19-11-16(29(3)28-19)14-7-6-13(25)10-15(14)21(31)20(30)12-5-8-17-18(9-12)35-24(26,27)34-17;1-20(2,19(25)26-5)17-12-16(24(4)23-17)14-10-9-13(21)11-15(14)18(22-3)27-28(6,7)8;9-8(10)12-6-2-1-5(4-11)3-7(6)13-8/h5-11,20,30H,1-4H3;9-12,18H,1-2,4-8H3;1-4H. The molecule has 0 saturated carbocycles. The molecule has 4 heterocycles. The maximum atomic E-state index is 13.4. The van der Waals surface area contributed by atoms with E-state index in [1.807, 2.05) is 31.3 Å². The lowest BCUT2D eigenvalue weighted by Gasteiger charge is -2.20. The lowest BCUT2D eigenvalue weighted by Crippen LogP contribution is -2.30. The van der Waals surface area contributed by atoms with Crippen LogP contribution in [0.15, 0.2) is 93.9 Å². The molecule has 2 aromatic heterocycles. The van der Waals surface area contributed by atoms with E-state index in [0.29, 0.717) is 33.4 Å². The van der Waals surface area contributed by atoms with Gasteiger partial charge in [-0.1, -0.05) is 50.1 Å². The van der Waals surface area contributed by atoms with E-state index in [-0.39, 0.29) is 45.7 Å². The normalized spacial score (nSPS) is 14.7. The number of Topliss-reactive ketones (excluding diaryl/α,β-unsaturated/α-hetero) is 1. The van der Waals surface area contributed by atoms with E-state index < -0.39 is 55.8 Å². The lowest BCUT2D eigenvalue weighted by atomic mass is 9.88. The van der Waals surface area contributed by atoms with Crippen molar-refractivity contribution in [3.8, 4) is 45.5 Å². The zero-order valence-corrected chi connectivity index (χ0v) is 46.9. The number of nitrogens with zero attached hydrogens (tertiary/aromatic N) is 5. The second-order valence-corrected chi connectivity index (χ2v) is 25.4. The minimum atomic E-state index is -3.82. The Hall–Kier alpha value is -6.91. The number of esters is 2. The quantitative estimate of drug-likeness (QED) is 0.0287. The van der Waals surface area contributed by atoms with Gasteiger partial charge in [-0.15, -0.1) is 17.6 Å². The first-order valence-corrected chi connectivity index (χ1v) is 27.7. The molecule has 2 atom stereocenters. The highest BCUT2D eigenvalue weighted by molar-refractivity contribution is 9.10. The largest absolute Gasteiger partial charge is 0.586 e. The molecule has 0 spiro atoms. The SMILES string of the molecule is COC(=O)C(C)(C)c1cc(-c2ccc(Br)cc2C(=O)C(O)c2ccc3c(c2)OC(F)(F)O3)n(C)n1.O=Cc1ccc2c(c1)OC(F)(F)O2.[C-]#[N+]C(O[Si](C)(C)C)c1cc(Br)ccc1-c1cc(C(C)(C)C(=O)OC)nn1C. The van der Waals surface area contributed by atoms with Crippen molar-refractivity contribution >= 4 is 64.2 Å². The number of ether oxygens (including phenoxy) is 6. The molecule has 402 valence electrons. The third-order valence-electron chi connectivity index (χ3n) is 11.6. The number of aliphatic hydroxyl groups is 1. The van der Waals surface area contributed by atoms with Gasteiger partial charge in [0.2, 0.25) is 0 Å². The molecule has 0 fully saturated rings. The third kappa shape index (κ3) is 13.0. The molecular formula is C52H51Br2F4N5O12Si. The molecule has 0 amide bonds. The Kier molecular flexibility index (Phi) is 17.2. The predicted octanol–water partition coefficient (Wildman–Crippen LogP) is 11.4. The van der Waals surface area contributed by atoms with Crippen LogP contribution in [0.2, 0.25) is 19.6 Å². The van der Waals surface area contributed by atoms with Crippen molar-refractivity contribution < 1.29 is 74.7 Å². The summed E-state index contributed by atoms with van der Waals surface area (Å²) >= 11 is 6.84. The van der Waals surface area contributed by atoms with Crippen LogP contribution in [0.5, 0.6) is 23.0 Å². The maximum Gasteiger partial charge on any atom is 0.586 e. The van der Waals surface area contributed by atoms with Crippen LogP contribution in [0.1, 0.15) is 83.3 Å². The molecule has 0 bridgehead atoms. The fourth-order valence-electron chi connectivity index (χ4n) is 7.65. The van der Waals surface area contributed by atoms with Crippen molar-refractivity contribution in [1.82, 2.24) is 19.6 Å². The Morgan fingerprint density at radius 1 is 0.711 bits per heavy atom. The van der Waals surface area contributed by atoms with E-state index in [0.717, 1.165) is 27.4 Å². The summed E-state index contributed by atoms with van der Waals surface area (Å²) in [5.41, 5.74) is 2.99. The Morgan fingerprint density at radius 2 is 1.17 bits per heavy atom. The average Bonchev–Trinajstić information content (AvgIpc) is 4.12. The third-order valence-corrected chi connectivity index (χ3v) is 13.6. The smallest absolute Gasteiger partial charge is 0.468 e. The van der Waals surface area contributed by atoms with E-state index in [4.69, 9.17) is 20.5 Å². The number of halogens is 6.